The lowest BCUT2D eigenvalue weighted by Crippen LogP contribution is -2.33. The van der Waals surface area contributed by atoms with Gasteiger partial charge in [-0.25, -0.2) is 13.1 Å². The summed E-state index contributed by atoms with van der Waals surface area (Å²) in [4.78, 5) is 11.0. The molecule has 0 aromatic heterocycles. The van der Waals surface area contributed by atoms with Crippen LogP contribution in [0.4, 0.5) is 0 Å². The summed E-state index contributed by atoms with van der Waals surface area (Å²) in [5.74, 6) is -1.31. The molecule has 1 aromatic carbocycles. The second-order valence-electron chi connectivity index (χ2n) is 4.60. The fourth-order valence-electron chi connectivity index (χ4n) is 2.26. The molecule has 0 heterocycles. The van der Waals surface area contributed by atoms with Gasteiger partial charge in [-0.3, -0.25) is 4.79 Å². The van der Waals surface area contributed by atoms with E-state index in [0.29, 0.717) is 23.7 Å². The third kappa shape index (κ3) is 3.34. The molecule has 0 saturated heterocycles. The highest BCUT2D eigenvalue weighted by atomic mass is 79.9. The molecule has 19 heavy (non-hydrogen) atoms. The van der Waals surface area contributed by atoms with Crippen molar-refractivity contribution in [1.82, 2.24) is 4.72 Å². The van der Waals surface area contributed by atoms with Gasteiger partial charge in [0, 0.05) is 10.5 Å². The van der Waals surface area contributed by atoms with Gasteiger partial charge < -0.3 is 5.11 Å². The Labute approximate surface area is 120 Å². The number of carbonyl (C=O) groups is 1. The molecule has 2 atom stereocenters. The average Bonchev–Trinajstić information content (AvgIpc) is 2.77. The summed E-state index contributed by atoms with van der Waals surface area (Å²) in [5, 5.41) is 8.91. The first kappa shape index (κ1) is 14.5. The van der Waals surface area contributed by atoms with Crippen molar-refractivity contribution in [1.29, 1.82) is 0 Å². The van der Waals surface area contributed by atoms with Gasteiger partial charge in [0.1, 0.15) is 0 Å². The Morgan fingerprint density at radius 1 is 1.32 bits per heavy atom. The molecule has 5 nitrogen and oxygen atoms in total. The number of hydrogen-bond acceptors (Lipinski definition) is 3. The number of aliphatic carboxylic acids is 1. The summed E-state index contributed by atoms with van der Waals surface area (Å²) in [6, 6.07) is 6.24. The van der Waals surface area contributed by atoms with Crippen LogP contribution < -0.4 is 4.72 Å². The van der Waals surface area contributed by atoms with Crippen LogP contribution in [-0.4, -0.2) is 25.5 Å². The molecular formula is C12H14BrNO4S. The van der Waals surface area contributed by atoms with Crippen molar-refractivity contribution in [2.24, 2.45) is 5.92 Å². The molecule has 2 N–H and O–H groups in total. The zero-order valence-electron chi connectivity index (χ0n) is 10.0. The van der Waals surface area contributed by atoms with Crippen LogP contribution >= 0.6 is 15.9 Å². The maximum atomic E-state index is 12.2. The van der Waals surface area contributed by atoms with Crippen molar-refractivity contribution in [3.8, 4) is 0 Å². The number of benzene rings is 1. The predicted molar refractivity (Wildman–Crippen MR) is 73.2 cm³/mol. The van der Waals surface area contributed by atoms with E-state index in [0.717, 1.165) is 0 Å². The molecule has 0 bridgehead atoms. The summed E-state index contributed by atoms with van der Waals surface area (Å²) < 4.78 is 27.5. The van der Waals surface area contributed by atoms with Crippen LogP contribution in [0.3, 0.4) is 0 Å². The molecule has 1 saturated carbocycles. The minimum atomic E-state index is -3.61. The van der Waals surface area contributed by atoms with E-state index < -0.39 is 21.9 Å². The highest BCUT2D eigenvalue weighted by Crippen LogP contribution is 2.28. The molecule has 7 heteroatoms. The molecule has 0 amide bonds. The van der Waals surface area contributed by atoms with E-state index in [1.807, 2.05) is 0 Å². The maximum absolute atomic E-state index is 12.2. The molecule has 1 fully saturated rings. The number of carboxylic acid groups (broad SMARTS) is 1. The lowest BCUT2D eigenvalue weighted by Gasteiger charge is -2.13. The standard InChI is InChI=1S/C12H14BrNO4S/c13-10-3-1-2-4-11(10)19(17,18)14-9-6-5-8(7-9)12(15)16/h1-4,8-9,14H,5-7H2,(H,15,16)/t8-,9+/m1/s1. The van der Waals surface area contributed by atoms with Gasteiger partial charge in [0.25, 0.3) is 0 Å². The maximum Gasteiger partial charge on any atom is 0.306 e. The second kappa shape index (κ2) is 5.60. The van der Waals surface area contributed by atoms with E-state index in [9.17, 15) is 13.2 Å². The van der Waals surface area contributed by atoms with Crippen molar-refractivity contribution < 1.29 is 18.3 Å². The van der Waals surface area contributed by atoms with Gasteiger partial charge in [0.2, 0.25) is 10.0 Å². The van der Waals surface area contributed by atoms with E-state index in [-0.39, 0.29) is 10.9 Å². The smallest absolute Gasteiger partial charge is 0.306 e. The summed E-state index contributed by atoms with van der Waals surface area (Å²) >= 11 is 3.20. The van der Waals surface area contributed by atoms with Gasteiger partial charge in [0.05, 0.1) is 10.8 Å². The minimum Gasteiger partial charge on any atom is -0.481 e. The molecule has 0 unspecified atom stereocenters. The normalized spacial score (nSPS) is 23.4. The lowest BCUT2D eigenvalue weighted by atomic mass is 10.1. The second-order valence-corrected chi connectivity index (χ2v) is 7.13. The third-order valence-electron chi connectivity index (χ3n) is 3.23. The number of carboxylic acids is 1. The number of hydrogen-bond donors (Lipinski definition) is 2. The Morgan fingerprint density at radius 3 is 2.58 bits per heavy atom. The Morgan fingerprint density at radius 2 is 2.00 bits per heavy atom. The minimum absolute atomic E-state index is 0.175. The zero-order chi connectivity index (χ0) is 14.0. The van der Waals surface area contributed by atoms with E-state index >= 15 is 0 Å². The number of nitrogens with one attached hydrogen (secondary N) is 1. The quantitative estimate of drug-likeness (QED) is 0.872. The first-order chi connectivity index (χ1) is 8.90. The lowest BCUT2D eigenvalue weighted by molar-refractivity contribution is -0.141. The first-order valence-corrected chi connectivity index (χ1v) is 8.17. The third-order valence-corrected chi connectivity index (χ3v) is 5.76. The Bertz CT molecular complexity index is 587. The van der Waals surface area contributed by atoms with Crippen molar-refractivity contribution in [3.05, 3.63) is 28.7 Å². The van der Waals surface area contributed by atoms with Crippen LogP contribution in [0.5, 0.6) is 0 Å². The molecule has 1 aliphatic carbocycles. The highest BCUT2D eigenvalue weighted by molar-refractivity contribution is 9.10. The number of halogens is 1. The number of rotatable bonds is 4. The van der Waals surface area contributed by atoms with Gasteiger partial charge in [-0.2, -0.15) is 0 Å². The fourth-order valence-corrected chi connectivity index (χ4v) is 4.54. The van der Waals surface area contributed by atoms with E-state index in [2.05, 4.69) is 20.7 Å². The Kier molecular flexibility index (Phi) is 4.27. The van der Waals surface area contributed by atoms with Crippen molar-refractivity contribution in [2.75, 3.05) is 0 Å². The van der Waals surface area contributed by atoms with Crippen molar-refractivity contribution >= 4 is 31.9 Å². The summed E-state index contributed by atoms with van der Waals surface area (Å²) in [7, 11) is -3.61. The highest BCUT2D eigenvalue weighted by Gasteiger charge is 2.32. The Hall–Kier alpha value is -0.920. The van der Waals surface area contributed by atoms with Crippen LogP contribution in [0.2, 0.25) is 0 Å². The van der Waals surface area contributed by atoms with Gasteiger partial charge in [0.15, 0.2) is 0 Å². The number of sulfonamides is 1. The van der Waals surface area contributed by atoms with E-state index in [1.54, 1.807) is 18.2 Å². The topological polar surface area (TPSA) is 83.5 Å². The molecule has 104 valence electrons. The van der Waals surface area contributed by atoms with Gasteiger partial charge in [-0.05, 0) is 47.3 Å². The molecule has 1 aromatic rings. The van der Waals surface area contributed by atoms with Crippen LogP contribution in [0.1, 0.15) is 19.3 Å². The molecule has 2 rings (SSSR count). The molecule has 0 aliphatic heterocycles. The monoisotopic (exact) mass is 347 g/mol. The average molecular weight is 348 g/mol. The van der Waals surface area contributed by atoms with Crippen molar-refractivity contribution in [2.45, 2.75) is 30.2 Å². The van der Waals surface area contributed by atoms with Crippen LogP contribution in [0.15, 0.2) is 33.6 Å². The predicted octanol–water partition coefficient (Wildman–Crippen LogP) is 1.98. The van der Waals surface area contributed by atoms with Gasteiger partial charge >= 0.3 is 5.97 Å². The van der Waals surface area contributed by atoms with E-state index in [4.69, 9.17) is 5.11 Å². The van der Waals surface area contributed by atoms with Gasteiger partial charge in [-0.15, -0.1) is 0 Å². The molecular weight excluding hydrogens is 334 g/mol. The van der Waals surface area contributed by atoms with Crippen LogP contribution in [0.25, 0.3) is 0 Å². The molecule has 0 radical (unpaired) electrons. The van der Waals surface area contributed by atoms with Crippen molar-refractivity contribution in [3.63, 3.8) is 0 Å². The first-order valence-electron chi connectivity index (χ1n) is 5.90. The van der Waals surface area contributed by atoms with E-state index in [1.165, 1.54) is 6.07 Å². The fraction of sp³-hybridized carbons (Fsp3) is 0.417. The molecule has 0 spiro atoms. The van der Waals surface area contributed by atoms with Gasteiger partial charge in [-0.1, -0.05) is 12.1 Å². The van der Waals surface area contributed by atoms with Crippen LogP contribution in [0, 0.1) is 5.92 Å². The SMILES string of the molecule is O=C(O)[C@@H]1CC[C@H](NS(=O)(=O)c2ccccc2Br)C1. The largest absolute Gasteiger partial charge is 0.481 e. The summed E-state index contributed by atoms with van der Waals surface area (Å²) in [5.41, 5.74) is 0. The molecule has 1 aliphatic rings. The zero-order valence-corrected chi connectivity index (χ0v) is 12.4. The summed E-state index contributed by atoms with van der Waals surface area (Å²) in [6.07, 6.45) is 1.41. The Balaban J connectivity index is 2.11. The van der Waals surface area contributed by atoms with Crippen LogP contribution in [-0.2, 0) is 14.8 Å². The summed E-state index contributed by atoms with van der Waals surface area (Å²) in [6.45, 7) is 0.